The Bertz CT molecular complexity index is 1220. The van der Waals surface area contributed by atoms with Crippen LogP contribution in [0.5, 0.6) is 0 Å². The lowest BCUT2D eigenvalue weighted by molar-refractivity contribution is 0.251. The van der Waals surface area contributed by atoms with Crippen LogP contribution >= 0.6 is 11.3 Å². The minimum atomic E-state index is -0.336. The molecule has 0 saturated carbocycles. The maximum absolute atomic E-state index is 12.3. The fourth-order valence-electron chi connectivity index (χ4n) is 3.36. The summed E-state index contributed by atoms with van der Waals surface area (Å²) >= 11 is 1.74. The summed E-state index contributed by atoms with van der Waals surface area (Å²) in [6, 6.07) is 14.1. The quantitative estimate of drug-likeness (QED) is 0.416. The number of nitrogens with one attached hydrogen (secondary N) is 3. The Morgan fingerprint density at radius 3 is 2.97 bits per heavy atom. The number of aliphatic imine (C=N–C) groups is 1. The molecule has 144 valence electrons. The average Bonchev–Trinajstić information content (AvgIpc) is 3.44. The first-order valence-electron chi connectivity index (χ1n) is 9.03. The lowest BCUT2D eigenvalue weighted by Crippen LogP contribution is -2.28. The van der Waals surface area contributed by atoms with Gasteiger partial charge in [0.25, 0.3) is 0 Å². The van der Waals surface area contributed by atoms with E-state index in [1.54, 1.807) is 11.3 Å². The van der Waals surface area contributed by atoms with E-state index in [2.05, 4.69) is 49.0 Å². The number of nitrogens with two attached hydrogens (primary N) is 1. The minimum Gasteiger partial charge on any atom is -0.367 e. The molecule has 0 bridgehead atoms. The number of aromatic nitrogens is 3. The molecule has 1 aliphatic rings. The van der Waals surface area contributed by atoms with E-state index in [9.17, 15) is 4.79 Å². The molecule has 2 amide bonds. The van der Waals surface area contributed by atoms with Crippen LogP contribution < -0.4 is 16.4 Å². The zero-order valence-electron chi connectivity index (χ0n) is 15.3. The minimum absolute atomic E-state index is 0.146. The van der Waals surface area contributed by atoms with Crippen molar-refractivity contribution in [3.8, 4) is 10.4 Å². The van der Waals surface area contributed by atoms with Gasteiger partial charge >= 0.3 is 6.03 Å². The largest absolute Gasteiger partial charge is 0.367 e. The van der Waals surface area contributed by atoms with Gasteiger partial charge in [0, 0.05) is 27.0 Å². The Morgan fingerprint density at radius 1 is 1.24 bits per heavy atom. The third-order valence-electron chi connectivity index (χ3n) is 4.68. The van der Waals surface area contributed by atoms with E-state index in [0.717, 1.165) is 16.0 Å². The Morgan fingerprint density at radius 2 is 2.14 bits per heavy atom. The summed E-state index contributed by atoms with van der Waals surface area (Å²) in [7, 11) is 0. The predicted octanol–water partition coefficient (Wildman–Crippen LogP) is 3.52. The van der Waals surface area contributed by atoms with E-state index in [-0.39, 0.29) is 18.5 Å². The number of nitrogen functional groups attached to an aromatic ring is 1. The molecule has 5 rings (SSSR count). The van der Waals surface area contributed by atoms with Gasteiger partial charge in [-0.05, 0) is 40.8 Å². The van der Waals surface area contributed by atoms with Crippen LogP contribution in [0.15, 0.2) is 47.5 Å². The van der Waals surface area contributed by atoms with Crippen molar-refractivity contribution in [3.63, 3.8) is 0 Å². The lowest BCUT2D eigenvalue weighted by Gasteiger charge is -2.12. The molecule has 2 aromatic carbocycles. The highest BCUT2D eigenvalue weighted by molar-refractivity contribution is 7.22. The molecular formula is C20H17N7OS. The van der Waals surface area contributed by atoms with Gasteiger partial charge < -0.3 is 16.4 Å². The monoisotopic (exact) mass is 403 g/mol. The number of carbonyl (C=O) groups is 1. The highest BCUT2D eigenvalue weighted by Gasteiger charge is 2.17. The van der Waals surface area contributed by atoms with Crippen molar-refractivity contribution in [2.75, 3.05) is 11.1 Å². The number of thiophene rings is 1. The molecule has 3 heterocycles. The van der Waals surface area contributed by atoms with Gasteiger partial charge in [0.2, 0.25) is 5.95 Å². The van der Waals surface area contributed by atoms with E-state index in [0.29, 0.717) is 18.1 Å². The molecule has 0 aliphatic carbocycles. The molecule has 4 aromatic rings. The SMILES string of the molecule is Nc1n[nH]c(CNC(=O)Nc2cc3c(c(-c4cc5ccccc5s4)c2)CN=C3)n1. The Kier molecular flexibility index (Phi) is 4.21. The Hall–Kier alpha value is -3.72. The molecule has 0 saturated heterocycles. The Balaban J connectivity index is 1.41. The smallest absolute Gasteiger partial charge is 0.319 e. The van der Waals surface area contributed by atoms with Gasteiger partial charge in [-0.3, -0.25) is 10.1 Å². The topological polar surface area (TPSA) is 121 Å². The lowest BCUT2D eigenvalue weighted by atomic mass is 10.0. The fourth-order valence-corrected chi connectivity index (χ4v) is 4.46. The standard InChI is InChI=1S/C20H17N7OS/c21-19-25-18(26-27-19)10-23-20(28)24-13-5-12-8-22-9-15(12)14(7-13)17-6-11-3-1-2-4-16(11)29-17/h1-8H,9-10H2,(H2,23,24,28)(H3,21,25,26,27). The van der Waals surface area contributed by atoms with Crippen molar-refractivity contribution in [1.82, 2.24) is 20.5 Å². The molecule has 0 unspecified atom stereocenters. The summed E-state index contributed by atoms with van der Waals surface area (Å²) in [5.41, 5.74) is 9.48. The molecule has 0 spiro atoms. The third-order valence-corrected chi connectivity index (χ3v) is 5.83. The number of benzene rings is 2. The number of anilines is 2. The number of rotatable bonds is 4. The van der Waals surface area contributed by atoms with Gasteiger partial charge in [-0.2, -0.15) is 4.98 Å². The molecule has 0 atom stereocenters. The van der Waals surface area contributed by atoms with Crippen LogP contribution in [-0.2, 0) is 13.1 Å². The summed E-state index contributed by atoms with van der Waals surface area (Å²) < 4.78 is 1.23. The fraction of sp³-hybridized carbons (Fsp3) is 0.100. The maximum atomic E-state index is 12.3. The number of H-pyrrole nitrogens is 1. The van der Waals surface area contributed by atoms with E-state index in [1.165, 1.54) is 15.6 Å². The first kappa shape index (κ1) is 17.4. The number of urea groups is 1. The number of amides is 2. The van der Waals surface area contributed by atoms with Crippen molar-refractivity contribution in [1.29, 1.82) is 0 Å². The van der Waals surface area contributed by atoms with Crippen molar-refractivity contribution < 1.29 is 4.79 Å². The van der Waals surface area contributed by atoms with Crippen molar-refractivity contribution in [2.45, 2.75) is 13.1 Å². The third kappa shape index (κ3) is 3.43. The highest BCUT2D eigenvalue weighted by Crippen LogP contribution is 2.38. The number of aromatic amines is 1. The van der Waals surface area contributed by atoms with E-state index >= 15 is 0 Å². The van der Waals surface area contributed by atoms with Gasteiger partial charge in [-0.1, -0.05) is 18.2 Å². The molecule has 2 aromatic heterocycles. The van der Waals surface area contributed by atoms with Gasteiger partial charge in [-0.15, -0.1) is 16.4 Å². The van der Waals surface area contributed by atoms with Gasteiger partial charge in [0.15, 0.2) is 0 Å². The van der Waals surface area contributed by atoms with Crippen LogP contribution in [0.1, 0.15) is 17.0 Å². The molecule has 0 fully saturated rings. The van der Waals surface area contributed by atoms with Gasteiger partial charge in [0.1, 0.15) is 5.82 Å². The van der Waals surface area contributed by atoms with Crippen LogP contribution in [0.4, 0.5) is 16.4 Å². The first-order valence-corrected chi connectivity index (χ1v) is 9.85. The molecule has 1 aliphatic heterocycles. The van der Waals surface area contributed by atoms with Crippen molar-refractivity contribution in [2.24, 2.45) is 4.99 Å². The van der Waals surface area contributed by atoms with Gasteiger partial charge in [0.05, 0.1) is 13.1 Å². The second-order valence-electron chi connectivity index (χ2n) is 6.66. The first-order chi connectivity index (χ1) is 14.2. The van der Waals surface area contributed by atoms with Crippen LogP contribution in [0.3, 0.4) is 0 Å². The predicted molar refractivity (Wildman–Crippen MR) is 115 cm³/mol. The maximum Gasteiger partial charge on any atom is 0.319 e. The molecule has 8 nitrogen and oxygen atoms in total. The summed E-state index contributed by atoms with van der Waals surface area (Å²) in [6.07, 6.45) is 1.85. The Labute approximate surface area is 169 Å². The van der Waals surface area contributed by atoms with Crippen molar-refractivity contribution >= 4 is 45.3 Å². The number of hydrogen-bond acceptors (Lipinski definition) is 6. The average molecular weight is 403 g/mol. The van der Waals surface area contributed by atoms with E-state index in [4.69, 9.17) is 5.73 Å². The number of hydrogen-bond donors (Lipinski definition) is 4. The van der Waals surface area contributed by atoms with Crippen LogP contribution in [0.2, 0.25) is 0 Å². The van der Waals surface area contributed by atoms with E-state index < -0.39 is 0 Å². The van der Waals surface area contributed by atoms with Crippen molar-refractivity contribution in [3.05, 3.63) is 59.4 Å². The molecule has 9 heteroatoms. The zero-order valence-corrected chi connectivity index (χ0v) is 16.1. The molecule has 29 heavy (non-hydrogen) atoms. The van der Waals surface area contributed by atoms with Crippen LogP contribution in [0.25, 0.3) is 20.5 Å². The second kappa shape index (κ2) is 7.02. The number of fused-ring (bicyclic) bond motifs is 2. The molecule has 5 N–H and O–H groups in total. The second-order valence-corrected chi connectivity index (χ2v) is 7.74. The highest BCUT2D eigenvalue weighted by atomic mass is 32.1. The molecule has 0 radical (unpaired) electrons. The van der Waals surface area contributed by atoms with E-state index in [1.807, 2.05) is 30.5 Å². The normalized spacial score (nSPS) is 12.3. The van der Waals surface area contributed by atoms with Crippen LogP contribution in [0, 0.1) is 0 Å². The van der Waals surface area contributed by atoms with Gasteiger partial charge in [-0.25, -0.2) is 4.79 Å². The summed E-state index contributed by atoms with van der Waals surface area (Å²) in [5, 5.41) is 13.2. The summed E-state index contributed by atoms with van der Waals surface area (Å²) in [6.45, 7) is 0.851. The summed E-state index contributed by atoms with van der Waals surface area (Å²) in [4.78, 5) is 21.9. The molecular weight excluding hydrogens is 386 g/mol. The number of carbonyl (C=O) groups excluding carboxylic acids is 1. The van der Waals surface area contributed by atoms with Crippen LogP contribution in [-0.4, -0.2) is 27.4 Å². The summed E-state index contributed by atoms with van der Waals surface area (Å²) in [5.74, 6) is 0.637. The number of nitrogens with zero attached hydrogens (tertiary/aromatic N) is 3. The zero-order chi connectivity index (χ0) is 19.8.